The average molecular weight is 254 g/mol. The maximum atomic E-state index is 13.0. The maximum Gasteiger partial charge on any atom is 0.320 e. The highest BCUT2D eigenvalue weighted by Gasteiger charge is 2.47. The minimum absolute atomic E-state index is 0.125. The zero-order valence-electron chi connectivity index (χ0n) is 9.18. The van der Waals surface area contributed by atoms with E-state index in [-0.39, 0.29) is 11.3 Å². The molecule has 2 atom stereocenters. The number of carbonyl (C=O) groups is 2. The van der Waals surface area contributed by atoms with Gasteiger partial charge in [0, 0.05) is 12.0 Å². The summed E-state index contributed by atoms with van der Waals surface area (Å²) in [4.78, 5) is 22.4. The lowest BCUT2D eigenvalue weighted by molar-refractivity contribution is -0.143. The van der Waals surface area contributed by atoms with Crippen LogP contribution in [0.5, 0.6) is 0 Å². The highest BCUT2D eigenvalue weighted by Crippen LogP contribution is 2.39. The van der Waals surface area contributed by atoms with Crippen LogP contribution in [0.4, 0.5) is 10.1 Å². The van der Waals surface area contributed by atoms with Crippen LogP contribution in [-0.2, 0) is 15.2 Å². The molecule has 1 heterocycles. The van der Waals surface area contributed by atoms with Crippen molar-refractivity contribution in [3.05, 3.63) is 29.6 Å². The number of nitrogens with one attached hydrogen (secondary N) is 1. The number of carboxylic acid groups (broad SMARTS) is 1. The molecule has 18 heavy (non-hydrogen) atoms. The van der Waals surface area contributed by atoms with Crippen LogP contribution in [0.3, 0.4) is 0 Å². The molecule has 0 bridgehead atoms. The van der Waals surface area contributed by atoms with Crippen molar-refractivity contribution < 1.29 is 24.2 Å². The molecule has 1 aliphatic rings. The standard InChI is InChI=1S/C11H11FN2O4/c12-5-1-2-6-8(3-5)14-10(17)11(6,18)4-7(13)9(15)16/h1-3,7,18H,4,13H2,(H,14,17)(H,15,16)/t7-,11-/m0/s1. The number of benzene rings is 1. The zero-order chi connectivity index (χ0) is 13.5. The Morgan fingerprint density at radius 3 is 2.83 bits per heavy atom. The van der Waals surface area contributed by atoms with Gasteiger partial charge < -0.3 is 21.3 Å². The van der Waals surface area contributed by atoms with E-state index in [1.165, 1.54) is 6.07 Å². The van der Waals surface area contributed by atoms with E-state index in [4.69, 9.17) is 10.8 Å². The van der Waals surface area contributed by atoms with E-state index in [9.17, 15) is 19.1 Å². The van der Waals surface area contributed by atoms with Crippen molar-refractivity contribution in [1.29, 1.82) is 0 Å². The highest BCUT2D eigenvalue weighted by atomic mass is 19.1. The van der Waals surface area contributed by atoms with E-state index in [0.717, 1.165) is 12.1 Å². The van der Waals surface area contributed by atoms with Crippen LogP contribution in [0.2, 0.25) is 0 Å². The number of halogens is 1. The number of amides is 1. The van der Waals surface area contributed by atoms with Crippen LogP contribution in [0.1, 0.15) is 12.0 Å². The number of fused-ring (bicyclic) bond motifs is 1. The largest absolute Gasteiger partial charge is 0.480 e. The number of nitrogens with two attached hydrogens (primary N) is 1. The molecule has 0 unspecified atom stereocenters. The third-order valence-electron chi connectivity index (χ3n) is 2.88. The minimum Gasteiger partial charge on any atom is -0.480 e. The van der Waals surface area contributed by atoms with Gasteiger partial charge in [-0.25, -0.2) is 4.39 Å². The van der Waals surface area contributed by atoms with Crippen molar-refractivity contribution >= 4 is 17.6 Å². The summed E-state index contributed by atoms with van der Waals surface area (Å²) in [5.41, 5.74) is 3.53. The van der Waals surface area contributed by atoms with Gasteiger partial charge in [0.2, 0.25) is 0 Å². The second-order valence-corrected chi connectivity index (χ2v) is 4.15. The molecule has 96 valence electrons. The SMILES string of the molecule is N[C@@H](C[C@@]1(O)C(=O)Nc2cc(F)ccc21)C(=O)O. The van der Waals surface area contributed by atoms with Gasteiger partial charge in [0.25, 0.3) is 5.91 Å². The Kier molecular flexibility index (Phi) is 2.80. The molecule has 1 aliphatic heterocycles. The Bertz CT molecular complexity index is 534. The minimum atomic E-state index is -2.04. The second kappa shape index (κ2) is 4.04. The number of aliphatic carboxylic acids is 1. The molecule has 6 nitrogen and oxygen atoms in total. The van der Waals surface area contributed by atoms with Crippen molar-refractivity contribution in [3.63, 3.8) is 0 Å². The molecule has 1 aromatic rings. The molecular weight excluding hydrogens is 243 g/mol. The van der Waals surface area contributed by atoms with Crippen molar-refractivity contribution in [2.75, 3.05) is 5.32 Å². The summed E-state index contributed by atoms with van der Waals surface area (Å²) in [5, 5.41) is 21.2. The van der Waals surface area contributed by atoms with Crippen molar-refractivity contribution in [2.45, 2.75) is 18.1 Å². The van der Waals surface area contributed by atoms with Gasteiger partial charge in [-0.1, -0.05) is 6.07 Å². The lowest BCUT2D eigenvalue weighted by atomic mass is 9.88. The summed E-state index contributed by atoms with van der Waals surface area (Å²) in [7, 11) is 0. The number of carboxylic acids is 1. The van der Waals surface area contributed by atoms with Gasteiger partial charge in [0.05, 0.1) is 5.69 Å². The number of rotatable bonds is 3. The highest BCUT2D eigenvalue weighted by molar-refractivity contribution is 6.05. The monoisotopic (exact) mass is 254 g/mol. The maximum absolute atomic E-state index is 13.0. The van der Waals surface area contributed by atoms with Crippen LogP contribution >= 0.6 is 0 Å². The molecule has 2 rings (SSSR count). The summed E-state index contributed by atoms with van der Waals surface area (Å²) >= 11 is 0. The molecule has 0 fully saturated rings. The van der Waals surface area contributed by atoms with Gasteiger partial charge >= 0.3 is 5.97 Å². The number of carbonyl (C=O) groups excluding carboxylic acids is 1. The lowest BCUT2D eigenvalue weighted by Gasteiger charge is -2.22. The zero-order valence-corrected chi connectivity index (χ0v) is 9.18. The molecule has 0 radical (unpaired) electrons. The molecule has 1 aromatic carbocycles. The Morgan fingerprint density at radius 2 is 2.22 bits per heavy atom. The molecule has 5 N–H and O–H groups in total. The second-order valence-electron chi connectivity index (χ2n) is 4.15. The number of aliphatic hydroxyl groups is 1. The first-order chi connectivity index (χ1) is 8.34. The molecule has 0 aromatic heterocycles. The number of anilines is 1. The van der Waals surface area contributed by atoms with Crippen molar-refractivity contribution in [1.82, 2.24) is 0 Å². The van der Waals surface area contributed by atoms with E-state index < -0.39 is 35.8 Å². The summed E-state index contributed by atoms with van der Waals surface area (Å²) in [5.74, 6) is -2.70. The van der Waals surface area contributed by atoms with E-state index >= 15 is 0 Å². The quantitative estimate of drug-likeness (QED) is 0.595. The average Bonchev–Trinajstić information content (AvgIpc) is 2.50. The van der Waals surface area contributed by atoms with Gasteiger partial charge in [-0.3, -0.25) is 9.59 Å². The number of hydrogen-bond acceptors (Lipinski definition) is 4. The van der Waals surface area contributed by atoms with Crippen LogP contribution in [0.25, 0.3) is 0 Å². The smallest absolute Gasteiger partial charge is 0.320 e. The van der Waals surface area contributed by atoms with Gasteiger partial charge in [0.15, 0.2) is 5.60 Å². The Balaban J connectivity index is 2.40. The molecular formula is C11H11FN2O4. The van der Waals surface area contributed by atoms with Gasteiger partial charge in [-0.15, -0.1) is 0 Å². The number of hydrogen-bond donors (Lipinski definition) is 4. The fourth-order valence-electron chi connectivity index (χ4n) is 1.94. The fourth-order valence-corrected chi connectivity index (χ4v) is 1.94. The lowest BCUT2D eigenvalue weighted by Crippen LogP contribution is -2.43. The summed E-state index contributed by atoms with van der Waals surface area (Å²) < 4.78 is 13.0. The first-order valence-corrected chi connectivity index (χ1v) is 5.17. The van der Waals surface area contributed by atoms with Crippen LogP contribution < -0.4 is 11.1 Å². The van der Waals surface area contributed by atoms with E-state index in [1.807, 2.05) is 0 Å². The normalized spacial score (nSPS) is 23.4. The summed E-state index contributed by atoms with van der Waals surface area (Å²) in [6.45, 7) is 0. The van der Waals surface area contributed by atoms with Crippen LogP contribution in [-0.4, -0.2) is 28.1 Å². The van der Waals surface area contributed by atoms with Crippen LogP contribution in [0.15, 0.2) is 18.2 Å². The molecule has 1 amide bonds. The van der Waals surface area contributed by atoms with Gasteiger partial charge in [-0.05, 0) is 12.1 Å². The molecule has 0 saturated carbocycles. The van der Waals surface area contributed by atoms with E-state index in [2.05, 4.69) is 5.32 Å². The molecule has 0 saturated heterocycles. The third-order valence-corrected chi connectivity index (χ3v) is 2.88. The third kappa shape index (κ3) is 1.83. The van der Waals surface area contributed by atoms with Crippen molar-refractivity contribution in [3.8, 4) is 0 Å². The van der Waals surface area contributed by atoms with Crippen LogP contribution in [0, 0.1) is 5.82 Å². The summed E-state index contributed by atoms with van der Waals surface area (Å²) in [6.07, 6.45) is -0.479. The van der Waals surface area contributed by atoms with E-state index in [0.29, 0.717) is 0 Å². The van der Waals surface area contributed by atoms with E-state index in [1.54, 1.807) is 0 Å². The van der Waals surface area contributed by atoms with Gasteiger partial charge in [0.1, 0.15) is 11.9 Å². The van der Waals surface area contributed by atoms with Crippen molar-refractivity contribution in [2.24, 2.45) is 5.73 Å². The molecule has 7 heteroatoms. The Labute approximate surface area is 101 Å². The predicted octanol–water partition coefficient (Wildman–Crippen LogP) is -0.233. The molecule has 0 aliphatic carbocycles. The Morgan fingerprint density at radius 1 is 1.56 bits per heavy atom. The first kappa shape index (κ1) is 12.5. The fraction of sp³-hybridized carbons (Fsp3) is 0.273. The topological polar surface area (TPSA) is 113 Å². The summed E-state index contributed by atoms with van der Waals surface area (Å²) in [6, 6.07) is 1.97. The Hall–Kier alpha value is -1.99. The first-order valence-electron chi connectivity index (χ1n) is 5.17. The predicted molar refractivity (Wildman–Crippen MR) is 59.2 cm³/mol. The molecule has 0 spiro atoms. The van der Waals surface area contributed by atoms with Gasteiger partial charge in [-0.2, -0.15) is 0 Å².